The van der Waals surface area contributed by atoms with E-state index in [1.807, 2.05) is 18.2 Å². The molecule has 4 heteroatoms. The lowest BCUT2D eigenvalue weighted by Crippen LogP contribution is -2.45. The van der Waals surface area contributed by atoms with Crippen LogP contribution in [0.25, 0.3) is 0 Å². The number of likely N-dealkylation sites (tertiary alicyclic amines) is 1. The van der Waals surface area contributed by atoms with Crippen LogP contribution in [0.15, 0.2) is 18.2 Å². The van der Waals surface area contributed by atoms with Crippen molar-refractivity contribution < 1.29 is 9.47 Å². The van der Waals surface area contributed by atoms with Gasteiger partial charge in [0, 0.05) is 43.6 Å². The SMILES string of the molecule is COc1ccc2c(c1)[C@@H](N)CC1(CCN(C3CC3)C1)O2. The van der Waals surface area contributed by atoms with Crippen molar-refractivity contribution in [2.24, 2.45) is 5.73 Å². The lowest BCUT2D eigenvalue weighted by Gasteiger charge is -2.39. The maximum Gasteiger partial charge on any atom is 0.125 e. The summed E-state index contributed by atoms with van der Waals surface area (Å²) in [6.45, 7) is 2.19. The molecule has 4 nitrogen and oxygen atoms in total. The number of methoxy groups -OCH3 is 1. The summed E-state index contributed by atoms with van der Waals surface area (Å²) < 4.78 is 11.7. The normalized spacial score (nSPS) is 33.0. The van der Waals surface area contributed by atoms with Crippen LogP contribution in [0.2, 0.25) is 0 Å². The molecule has 0 bridgehead atoms. The van der Waals surface area contributed by atoms with E-state index in [4.69, 9.17) is 15.2 Å². The van der Waals surface area contributed by atoms with Gasteiger partial charge in [0.2, 0.25) is 0 Å². The molecule has 2 aliphatic heterocycles. The molecule has 108 valence electrons. The highest BCUT2D eigenvalue weighted by atomic mass is 16.5. The van der Waals surface area contributed by atoms with E-state index in [9.17, 15) is 0 Å². The van der Waals surface area contributed by atoms with Crippen molar-refractivity contribution in [3.8, 4) is 11.5 Å². The summed E-state index contributed by atoms with van der Waals surface area (Å²) in [6, 6.07) is 6.84. The van der Waals surface area contributed by atoms with Gasteiger partial charge >= 0.3 is 0 Å². The zero-order valence-electron chi connectivity index (χ0n) is 12.0. The second-order valence-corrected chi connectivity index (χ2v) is 6.45. The van der Waals surface area contributed by atoms with Crippen LogP contribution in [-0.2, 0) is 0 Å². The first-order valence-electron chi connectivity index (χ1n) is 7.56. The Balaban J connectivity index is 1.60. The highest BCUT2D eigenvalue weighted by molar-refractivity contribution is 5.44. The second-order valence-electron chi connectivity index (χ2n) is 6.45. The summed E-state index contributed by atoms with van der Waals surface area (Å²) in [5, 5.41) is 0. The Morgan fingerprint density at radius 3 is 3.00 bits per heavy atom. The molecule has 0 radical (unpaired) electrons. The van der Waals surface area contributed by atoms with Crippen LogP contribution in [0.3, 0.4) is 0 Å². The molecule has 1 aliphatic carbocycles. The topological polar surface area (TPSA) is 47.7 Å². The first-order valence-corrected chi connectivity index (χ1v) is 7.56. The summed E-state index contributed by atoms with van der Waals surface area (Å²) in [5.74, 6) is 1.80. The molecule has 1 unspecified atom stereocenters. The third-order valence-electron chi connectivity index (χ3n) is 4.94. The molecule has 1 aromatic carbocycles. The van der Waals surface area contributed by atoms with Crippen LogP contribution in [0.5, 0.6) is 11.5 Å². The van der Waals surface area contributed by atoms with Gasteiger partial charge in [0.1, 0.15) is 17.1 Å². The van der Waals surface area contributed by atoms with Gasteiger partial charge < -0.3 is 15.2 Å². The van der Waals surface area contributed by atoms with Gasteiger partial charge in [-0.1, -0.05) is 0 Å². The van der Waals surface area contributed by atoms with Crippen molar-refractivity contribution in [3.05, 3.63) is 23.8 Å². The number of hydrogen-bond acceptors (Lipinski definition) is 4. The van der Waals surface area contributed by atoms with Crippen LogP contribution < -0.4 is 15.2 Å². The molecule has 0 amide bonds. The maximum atomic E-state index is 6.41. The molecule has 4 rings (SSSR count). The van der Waals surface area contributed by atoms with E-state index in [0.29, 0.717) is 0 Å². The zero-order valence-corrected chi connectivity index (χ0v) is 12.0. The van der Waals surface area contributed by atoms with E-state index < -0.39 is 0 Å². The molecule has 2 fully saturated rings. The van der Waals surface area contributed by atoms with Gasteiger partial charge in [0.15, 0.2) is 0 Å². The fourth-order valence-corrected chi connectivity index (χ4v) is 3.70. The van der Waals surface area contributed by atoms with Gasteiger partial charge in [0.05, 0.1) is 7.11 Å². The molecule has 1 spiro atoms. The van der Waals surface area contributed by atoms with Gasteiger partial charge in [-0.2, -0.15) is 0 Å². The smallest absolute Gasteiger partial charge is 0.125 e. The Hall–Kier alpha value is -1.26. The van der Waals surface area contributed by atoms with Crippen LogP contribution in [0.1, 0.15) is 37.3 Å². The van der Waals surface area contributed by atoms with E-state index in [2.05, 4.69) is 4.90 Å². The molecule has 2 heterocycles. The zero-order chi connectivity index (χ0) is 13.7. The number of fused-ring (bicyclic) bond motifs is 1. The molecular formula is C16H22N2O2. The van der Waals surface area contributed by atoms with Gasteiger partial charge in [-0.25, -0.2) is 0 Å². The quantitative estimate of drug-likeness (QED) is 0.897. The summed E-state index contributed by atoms with van der Waals surface area (Å²) >= 11 is 0. The summed E-state index contributed by atoms with van der Waals surface area (Å²) in [5.41, 5.74) is 7.42. The molecule has 1 saturated heterocycles. The predicted octanol–water partition coefficient (Wildman–Crippen LogP) is 2.08. The number of nitrogens with two attached hydrogens (primary N) is 1. The largest absolute Gasteiger partial charge is 0.497 e. The number of rotatable bonds is 2. The minimum atomic E-state index is -0.0659. The van der Waals surface area contributed by atoms with E-state index in [1.54, 1.807) is 7.11 Å². The number of ether oxygens (including phenoxy) is 2. The summed E-state index contributed by atoms with van der Waals surface area (Å²) in [6.07, 6.45) is 4.73. The molecule has 1 saturated carbocycles. The van der Waals surface area contributed by atoms with Crippen molar-refractivity contribution >= 4 is 0 Å². The fourth-order valence-electron chi connectivity index (χ4n) is 3.70. The molecule has 0 aromatic heterocycles. The van der Waals surface area contributed by atoms with Gasteiger partial charge in [0.25, 0.3) is 0 Å². The second kappa shape index (κ2) is 4.37. The Labute approximate surface area is 119 Å². The molecular weight excluding hydrogens is 252 g/mol. The van der Waals surface area contributed by atoms with E-state index in [0.717, 1.165) is 49.0 Å². The fraction of sp³-hybridized carbons (Fsp3) is 0.625. The third kappa shape index (κ3) is 1.98. The standard InChI is InChI=1S/C16H22N2O2/c1-19-12-4-5-15-13(8-12)14(17)9-16(20-15)6-7-18(10-16)11-2-3-11/h4-5,8,11,14H,2-3,6-7,9-10,17H2,1H3/t14-,16?/m0/s1. The summed E-state index contributed by atoms with van der Waals surface area (Å²) in [7, 11) is 1.68. The Morgan fingerprint density at radius 2 is 2.25 bits per heavy atom. The molecule has 3 aliphatic rings. The number of nitrogens with zero attached hydrogens (tertiary/aromatic N) is 1. The minimum absolute atomic E-state index is 0.0491. The average molecular weight is 274 g/mol. The van der Waals surface area contributed by atoms with Crippen molar-refractivity contribution in [2.45, 2.75) is 43.4 Å². The predicted molar refractivity (Wildman–Crippen MR) is 77.1 cm³/mol. The molecule has 20 heavy (non-hydrogen) atoms. The van der Waals surface area contributed by atoms with Crippen LogP contribution >= 0.6 is 0 Å². The van der Waals surface area contributed by atoms with Gasteiger partial charge in [-0.15, -0.1) is 0 Å². The third-order valence-corrected chi connectivity index (χ3v) is 4.94. The maximum absolute atomic E-state index is 6.41. The lowest BCUT2D eigenvalue weighted by atomic mass is 9.87. The Bertz CT molecular complexity index is 529. The van der Waals surface area contributed by atoms with Crippen molar-refractivity contribution in [1.82, 2.24) is 4.90 Å². The molecule has 2 N–H and O–H groups in total. The first kappa shape index (κ1) is 12.5. The highest BCUT2D eigenvalue weighted by Crippen LogP contribution is 2.45. The Morgan fingerprint density at radius 1 is 1.40 bits per heavy atom. The average Bonchev–Trinajstić information content (AvgIpc) is 3.22. The molecule has 1 aromatic rings. The van der Waals surface area contributed by atoms with Crippen molar-refractivity contribution in [1.29, 1.82) is 0 Å². The van der Waals surface area contributed by atoms with Gasteiger partial charge in [-0.05, 0) is 31.0 Å². The van der Waals surface area contributed by atoms with E-state index in [1.165, 1.54) is 12.8 Å². The van der Waals surface area contributed by atoms with E-state index in [-0.39, 0.29) is 11.6 Å². The first-order chi connectivity index (χ1) is 9.69. The van der Waals surface area contributed by atoms with Gasteiger partial charge in [-0.3, -0.25) is 4.90 Å². The minimum Gasteiger partial charge on any atom is -0.497 e. The molecule has 2 atom stereocenters. The van der Waals surface area contributed by atoms with Crippen LogP contribution in [-0.4, -0.2) is 36.7 Å². The van der Waals surface area contributed by atoms with Crippen LogP contribution in [0.4, 0.5) is 0 Å². The summed E-state index contributed by atoms with van der Waals surface area (Å²) in [4.78, 5) is 2.58. The van der Waals surface area contributed by atoms with Crippen molar-refractivity contribution in [3.63, 3.8) is 0 Å². The number of hydrogen-bond donors (Lipinski definition) is 1. The number of benzene rings is 1. The monoisotopic (exact) mass is 274 g/mol. The highest BCUT2D eigenvalue weighted by Gasteiger charge is 2.48. The lowest BCUT2D eigenvalue weighted by molar-refractivity contribution is 0.0432. The van der Waals surface area contributed by atoms with Crippen molar-refractivity contribution in [2.75, 3.05) is 20.2 Å². The van der Waals surface area contributed by atoms with E-state index >= 15 is 0 Å². The Kier molecular flexibility index (Phi) is 2.72. The van der Waals surface area contributed by atoms with Crippen LogP contribution in [0, 0.1) is 0 Å².